The van der Waals surface area contributed by atoms with Crippen LogP contribution >= 0.6 is 11.8 Å². The maximum Gasteiger partial charge on any atom is 0.418 e. The summed E-state index contributed by atoms with van der Waals surface area (Å²) in [6.45, 7) is 1.46. The topological polar surface area (TPSA) is 82.1 Å². The molecule has 0 saturated heterocycles. The van der Waals surface area contributed by atoms with Gasteiger partial charge >= 0.3 is 6.18 Å². The molecule has 1 aromatic carbocycles. The Balaban J connectivity index is 2.14. The first-order valence-electron chi connectivity index (χ1n) is 6.37. The van der Waals surface area contributed by atoms with Crippen molar-refractivity contribution in [1.82, 2.24) is 5.27 Å². The largest absolute Gasteiger partial charge is 0.538 e. The number of benzene rings is 1. The van der Waals surface area contributed by atoms with Crippen LogP contribution in [0.3, 0.4) is 0 Å². The fraction of sp³-hybridized carbons (Fsp3) is 0.308. The van der Waals surface area contributed by atoms with E-state index in [2.05, 4.69) is 15.1 Å². The number of alkyl halides is 3. The van der Waals surface area contributed by atoms with Crippen LogP contribution in [0.15, 0.2) is 33.8 Å². The van der Waals surface area contributed by atoms with E-state index in [0.717, 1.165) is 28.6 Å². The number of rotatable bonds is 4. The Morgan fingerprint density at radius 3 is 2.65 bits per heavy atom. The molecule has 1 amide bonds. The quantitative estimate of drug-likeness (QED) is 0.673. The van der Waals surface area contributed by atoms with Crippen LogP contribution in [-0.4, -0.2) is 16.4 Å². The summed E-state index contributed by atoms with van der Waals surface area (Å²) in [7, 11) is 1.46. The number of nitrogens with zero attached hydrogens (tertiary/aromatic N) is 2. The smallest absolute Gasteiger partial charge is 0.418 e. The summed E-state index contributed by atoms with van der Waals surface area (Å²) in [5.41, 5.74) is -1.28. The number of hydrogen-bond acceptors (Lipinski definition) is 5. The normalized spacial score (nSPS) is 12.9. The molecule has 10 heteroatoms. The molecule has 23 heavy (non-hydrogen) atoms. The molecular weight excluding hydrogens is 335 g/mol. The molecule has 0 saturated carbocycles. The van der Waals surface area contributed by atoms with Gasteiger partial charge in [-0.3, -0.25) is 4.79 Å². The SMILES string of the molecule is CC(Sc1c([O-])on[n+]1C)C(=O)Nc1ccccc1C(F)(F)F. The number of thioether (sulfide) groups is 1. The van der Waals surface area contributed by atoms with Crippen LogP contribution in [0.1, 0.15) is 12.5 Å². The molecule has 0 aliphatic rings. The molecule has 0 aliphatic carbocycles. The van der Waals surface area contributed by atoms with Crippen molar-refractivity contribution in [3.63, 3.8) is 0 Å². The lowest BCUT2D eigenvalue weighted by Crippen LogP contribution is -2.33. The second-order valence-electron chi connectivity index (χ2n) is 4.58. The van der Waals surface area contributed by atoms with Gasteiger partial charge in [0.1, 0.15) is 0 Å². The number of carbonyl (C=O) groups is 1. The zero-order chi connectivity index (χ0) is 17.2. The van der Waals surface area contributed by atoms with E-state index in [-0.39, 0.29) is 10.7 Å². The van der Waals surface area contributed by atoms with E-state index >= 15 is 0 Å². The third-order valence-corrected chi connectivity index (χ3v) is 4.08. The van der Waals surface area contributed by atoms with Crippen LogP contribution in [-0.2, 0) is 18.0 Å². The Morgan fingerprint density at radius 2 is 2.09 bits per heavy atom. The van der Waals surface area contributed by atoms with E-state index in [1.54, 1.807) is 0 Å². The minimum atomic E-state index is -4.58. The molecule has 0 radical (unpaired) electrons. The standard InChI is InChI=1S/C13H12F3N3O3S/c1-7(23-11-12(21)22-18-19(11)2)10(20)17-9-6-4-3-5-8(9)13(14,15)16/h3-7H,1-2H3,(H-,17,18,20,21). The Kier molecular flexibility index (Phi) is 4.83. The summed E-state index contributed by atoms with van der Waals surface area (Å²) in [4.78, 5) is 12.1. The van der Waals surface area contributed by atoms with Gasteiger partial charge in [-0.15, -0.1) is 0 Å². The summed E-state index contributed by atoms with van der Waals surface area (Å²) in [5.74, 6) is -1.39. The molecule has 2 rings (SSSR count). The fourth-order valence-corrected chi connectivity index (χ4v) is 2.55. The Labute approximate surface area is 133 Å². The molecule has 0 spiro atoms. The van der Waals surface area contributed by atoms with Crippen molar-refractivity contribution >= 4 is 23.4 Å². The number of halogens is 3. The van der Waals surface area contributed by atoms with E-state index in [0.29, 0.717) is 0 Å². The number of aromatic nitrogens is 2. The van der Waals surface area contributed by atoms with Crippen LogP contribution in [0, 0.1) is 0 Å². The van der Waals surface area contributed by atoms with Crippen molar-refractivity contribution in [3.05, 3.63) is 29.8 Å². The minimum absolute atomic E-state index is 0.0803. The number of hydrogen-bond donors (Lipinski definition) is 1. The van der Waals surface area contributed by atoms with Gasteiger partial charge in [0.15, 0.2) is 13.0 Å². The second kappa shape index (κ2) is 6.49. The summed E-state index contributed by atoms with van der Waals surface area (Å²) < 4.78 is 44.2. The van der Waals surface area contributed by atoms with E-state index in [4.69, 9.17) is 0 Å². The number of para-hydroxylation sites is 1. The van der Waals surface area contributed by atoms with Crippen LogP contribution in [0.2, 0.25) is 0 Å². The van der Waals surface area contributed by atoms with Crippen molar-refractivity contribution < 1.29 is 32.3 Å². The predicted octanol–water partition coefficient (Wildman–Crippen LogP) is 1.71. The predicted molar refractivity (Wildman–Crippen MR) is 72.5 cm³/mol. The Bertz CT molecular complexity index is 698. The molecule has 6 nitrogen and oxygen atoms in total. The van der Waals surface area contributed by atoms with Gasteiger partial charge in [-0.2, -0.15) is 13.2 Å². The van der Waals surface area contributed by atoms with Gasteiger partial charge in [-0.25, -0.2) is 0 Å². The average Bonchev–Trinajstić information content (AvgIpc) is 2.78. The van der Waals surface area contributed by atoms with Crippen LogP contribution in [0.5, 0.6) is 5.95 Å². The maximum atomic E-state index is 12.9. The maximum absolute atomic E-state index is 12.9. The molecule has 2 aromatic rings. The third kappa shape index (κ3) is 3.95. The molecular formula is C13H12F3N3O3S. The van der Waals surface area contributed by atoms with Crippen LogP contribution in [0.25, 0.3) is 0 Å². The summed E-state index contributed by atoms with van der Waals surface area (Å²) in [6.07, 6.45) is -4.58. The zero-order valence-corrected chi connectivity index (χ0v) is 12.9. The van der Waals surface area contributed by atoms with Gasteiger partial charge in [-0.05, 0) is 30.8 Å². The number of nitrogens with one attached hydrogen (secondary N) is 1. The third-order valence-electron chi connectivity index (χ3n) is 2.86. The number of anilines is 1. The number of carbonyl (C=O) groups excluding carboxylic acids is 1. The molecule has 0 fully saturated rings. The van der Waals surface area contributed by atoms with Gasteiger partial charge < -0.3 is 14.9 Å². The molecule has 124 valence electrons. The molecule has 0 aliphatic heterocycles. The highest BCUT2D eigenvalue weighted by Crippen LogP contribution is 2.35. The van der Waals surface area contributed by atoms with Gasteiger partial charge in [0.25, 0.3) is 5.03 Å². The van der Waals surface area contributed by atoms with Crippen LogP contribution in [0.4, 0.5) is 18.9 Å². The molecule has 1 heterocycles. The average molecular weight is 347 g/mol. The van der Waals surface area contributed by atoms with Crippen molar-refractivity contribution in [3.8, 4) is 5.95 Å². The Hall–Kier alpha value is -2.23. The molecule has 1 atom stereocenters. The van der Waals surface area contributed by atoms with E-state index < -0.39 is 28.8 Å². The van der Waals surface area contributed by atoms with E-state index in [9.17, 15) is 23.1 Å². The van der Waals surface area contributed by atoms with Crippen molar-refractivity contribution in [1.29, 1.82) is 0 Å². The minimum Gasteiger partial charge on any atom is -0.538 e. The molecule has 0 bridgehead atoms. The molecule has 1 N–H and O–H groups in total. The van der Waals surface area contributed by atoms with Gasteiger partial charge in [0.05, 0.1) is 21.8 Å². The number of amides is 1. The first-order valence-corrected chi connectivity index (χ1v) is 7.25. The lowest BCUT2D eigenvalue weighted by molar-refractivity contribution is -0.772. The van der Waals surface area contributed by atoms with Gasteiger partial charge in [0, 0.05) is 0 Å². The number of aryl methyl sites for hydroxylation is 1. The summed E-state index contributed by atoms with van der Waals surface area (Å²) >= 11 is 0.845. The fourth-order valence-electron chi connectivity index (χ4n) is 1.73. The van der Waals surface area contributed by atoms with Gasteiger partial charge in [-0.1, -0.05) is 16.8 Å². The van der Waals surface area contributed by atoms with Crippen molar-refractivity contribution in [2.45, 2.75) is 23.4 Å². The zero-order valence-electron chi connectivity index (χ0n) is 12.0. The Morgan fingerprint density at radius 1 is 1.43 bits per heavy atom. The highest BCUT2D eigenvalue weighted by atomic mass is 32.2. The highest BCUT2D eigenvalue weighted by molar-refractivity contribution is 8.00. The van der Waals surface area contributed by atoms with Crippen molar-refractivity contribution in [2.75, 3.05) is 5.32 Å². The summed E-state index contributed by atoms with van der Waals surface area (Å²) in [6, 6.07) is 4.66. The molecule has 1 unspecified atom stereocenters. The molecule has 1 aromatic heterocycles. The van der Waals surface area contributed by atoms with Gasteiger partial charge in [0.2, 0.25) is 5.91 Å². The van der Waals surface area contributed by atoms with Crippen LogP contribution < -0.4 is 15.1 Å². The highest BCUT2D eigenvalue weighted by Gasteiger charge is 2.34. The monoisotopic (exact) mass is 347 g/mol. The first kappa shape index (κ1) is 17.1. The second-order valence-corrected chi connectivity index (χ2v) is 5.91. The van der Waals surface area contributed by atoms with Crippen molar-refractivity contribution in [2.24, 2.45) is 7.05 Å². The van der Waals surface area contributed by atoms with E-state index in [1.165, 1.54) is 26.1 Å². The lowest BCUT2D eigenvalue weighted by atomic mass is 10.1. The lowest BCUT2D eigenvalue weighted by Gasteiger charge is -2.15. The first-order chi connectivity index (χ1) is 10.7. The summed E-state index contributed by atoms with van der Waals surface area (Å²) in [5, 5.41) is 16.3. The van der Waals surface area contributed by atoms with E-state index in [1.807, 2.05) is 0 Å².